The molecule has 7 nitrogen and oxygen atoms in total. The van der Waals surface area contributed by atoms with Gasteiger partial charge >= 0.3 is 5.97 Å². The fourth-order valence-corrected chi connectivity index (χ4v) is 2.06. The van der Waals surface area contributed by atoms with Gasteiger partial charge in [-0.2, -0.15) is 0 Å². The Morgan fingerprint density at radius 2 is 1.84 bits per heavy atom. The van der Waals surface area contributed by atoms with Crippen LogP contribution in [0.1, 0.15) is 44.5 Å². The number of nitrogens with one attached hydrogen (secondary N) is 1. The second kappa shape index (κ2) is 9.56. The van der Waals surface area contributed by atoms with E-state index in [9.17, 15) is 19.2 Å². The minimum Gasteiger partial charge on any atom is -0.481 e. The number of carbonyl (C=O) groups excluding carboxylic acids is 4. The summed E-state index contributed by atoms with van der Waals surface area (Å²) in [5.41, 5.74) is 0.464. The molecule has 2 atom stereocenters. The van der Waals surface area contributed by atoms with Crippen molar-refractivity contribution in [2.45, 2.75) is 46.3 Å². The van der Waals surface area contributed by atoms with Gasteiger partial charge in [0.1, 0.15) is 17.6 Å². The molecule has 0 aliphatic heterocycles. The Bertz CT molecular complexity index is 655. The van der Waals surface area contributed by atoms with E-state index >= 15 is 0 Å². The van der Waals surface area contributed by atoms with Crippen LogP contribution in [0.4, 0.5) is 0 Å². The molecule has 0 bridgehead atoms. The van der Waals surface area contributed by atoms with Gasteiger partial charge in [-0.05, 0) is 39.8 Å². The van der Waals surface area contributed by atoms with Gasteiger partial charge in [-0.3, -0.25) is 14.4 Å². The summed E-state index contributed by atoms with van der Waals surface area (Å²) >= 11 is 0. The molecule has 1 aromatic rings. The number of rotatable bonds is 9. The number of carbonyl (C=O) groups is 4. The number of benzene rings is 1. The molecule has 0 spiro atoms. The molecule has 0 saturated carbocycles. The number of hydrogen-bond donors (Lipinski definition) is 1. The Morgan fingerprint density at radius 3 is 2.40 bits per heavy atom. The normalized spacial score (nSPS) is 12.6. The Kier molecular flexibility index (Phi) is 7.78. The molecule has 0 radical (unpaired) electrons. The maximum Gasteiger partial charge on any atom is 0.329 e. The van der Waals surface area contributed by atoms with Crippen LogP contribution < -0.4 is 10.1 Å². The van der Waals surface area contributed by atoms with Crippen molar-refractivity contribution in [3.63, 3.8) is 0 Å². The Labute approximate surface area is 146 Å². The third-order valence-electron chi connectivity index (χ3n) is 3.30. The van der Waals surface area contributed by atoms with Gasteiger partial charge in [0, 0.05) is 12.0 Å². The molecule has 1 aromatic carbocycles. The highest BCUT2D eigenvalue weighted by atomic mass is 16.5. The van der Waals surface area contributed by atoms with Crippen LogP contribution >= 0.6 is 0 Å². The van der Waals surface area contributed by atoms with Crippen LogP contribution in [-0.2, 0) is 19.1 Å². The van der Waals surface area contributed by atoms with Crippen molar-refractivity contribution in [3.8, 4) is 5.75 Å². The first-order chi connectivity index (χ1) is 11.7. The lowest BCUT2D eigenvalue weighted by Gasteiger charge is -2.20. The van der Waals surface area contributed by atoms with E-state index in [4.69, 9.17) is 9.47 Å². The molecule has 136 valence electrons. The molecule has 0 unspecified atom stereocenters. The quantitative estimate of drug-likeness (QED) is 0.538. The van der Waals surface area contributed by atoms with Gasteiger partial charge in [-0.15, -0.1) is 0 Å². The van der Waals surface area contributed by atoms with E-state index in [1.807, 2.05) is 0 Å². The van der Waals surface area contributed by atoms with Gasteiger partial charge < -0.3 is 14.8 Å². The lowest BCUT2D eigenvalue weighted by molar-refractivity contribution is -0.149. The summed E-state index contributed by atoms with van der Waals surface area (Å²) in [6, 6.07) is 5.39. The predicted molar refractivity (Wildman–Crippen MR) is 90.4 cm³/mol. The average molecular weight is 349 g/mol. The molecular weight excluding hydrogens is 326 g/mol. The smallest absolute Gasteiger partial charge is 0.329 e. The van der Waals surface area contributed by atoms with E-state index < -0.39 is 24.0 Å². The van der Waals surface area contributed by atoms with Gasteiger partial charge in [-0.1, -0.05) is 12.1 Å². The fraction of sp³-hybridized carbons (Fsp3) is 0.444. The number of ether oxygens (including phenoxy) is 2. The molecule has 0 aliphatic rings. The summed E-state index contributed by atoms with van der Waals surface area (Å²) in [5, 5.41) is 2.46. The van der Waals surface area contributed by atoms with Crippen molar-refractivity contribution in [2.24, 2.45) is 0 Å². The first-order valence-electron chi connectivity index (χ1n) is 7.98. The Balaban J connectivity index is 2.76. The first kappa shape index (κ1) is 20.3. The number of esters is 1. The molecule has 0 aliphatic carbocycles. The van der Waals surface area contributed by atoms with Gasteiger partial charge in [0.05, 0.1) is 6.61 Å². The van der Waals surface area contributed by atoms with Crippen molar-refractivity contribution in [3.05, 3.63) is 29.8 Å². The van der Waals surface area contributed by atoms with E-state index in [-0.39, 0.29) is 24.6 Å². The van der Waals surface area contributed by atoms with Gasteiger partial charge in [0.15, 0.2) is 11.9 Å². The number of amides is 1. The molecule has 0 saturated heterocycles. The van der Waals surface area contributed by atoms with E-state index in [1.54, 1.807) is 25.1 Å². The molecular formula is C18H23NO6. The Morgan fingerprint density at radius 1 is 1.16 bits per heavy atom. The molecule has 0 fully saturated rings. The van der Waals surface area contributed by atoms with Crippen molar-refractivity contribution in [2.75, 3.05) is 6.61 Å². The predicted octanol–water partition coefficient (Wildman–Crippen LogP) is 1.68. The maximum atomic E-state index is 12.2. The molecule has 1 amide bonds. The number of ketones is 2. The third kappa shape index (κ3) is 6.74. The molecule has 1 N–H and O–H groups in total. The lowest BCUT2D eigenvalue weighted by atomic mass is 10.1. The highest BCUT2D eigenvalue weighted by Gasteiger charge is 2.26. The topological polar surface area (TPSA) is 98.8 Å². The highest BCUT2D eigenvalue weighted by Crippen LogP contribution is 2.15. The van der Waals surface area contributed by atoms with Crippen LogP contribution in [0.3, 0.4) is 0 Å². The number of hydrogen-bond acceptors (Lipinski definition) is 6. The zero-order valence-electron chi connectivity index (χ0n) is 14.8. The van der Waals surface area contributed by atoms with Crippen LogP contribution in [0.25, 0.3) is 0 Å². The largest absolute Gasteiger partial charge is 0.481 e. The van der Waals surface area contributed by atoms with Crippen LogP contribution in [0, 0.1) is 0 Å². The fourth-order valence-electron chi connectivity index (χ4n) is 2.06. The SMILES string of the molecule is CCOC(=O)[C@@H](CC(C)=O)NC(=O)[C@@H](C)Oc1cccc(C(C)=O)c1. The summed E-state index contributed by atoms with van der Waals surface area (Å²) in [4.78, 5) is 46.8. The van der Waals surface area contributed by atoms with Gasteiger partial charge in [-0.25, -0.2) is 4.79 Å². The first-order valence-corrected chi connectivity index (χ1v) is 7.98. The number of Topliss-reactive ketones (excluding diaryl/α,β-unsaturated/α-hetero) is 2. The van der Waals surface area contributed by atoms with E-state index in [0.717, 1.165) is 0 Å². The van der Waals surface area contributed by atoms with E-state index in [2.05, 4.69) is 5.32 Å². The lowest BCUT2D eigenvalue weighted by Crippen LogP contribution is -2.47. The average Bonchev–Trinajstić information content (AvgIpc) is 2.54. The van der Waals surface area contributed by atoms with Crippen molar-refractivity contribution in [1.82, 2.24) is 5.32 Å². The van der Waals surface area contributed by atoms with Gasteiger partial charge in [0.25, 0.3) is 5.91 Å². The van der Waals surface area contributed by atoms with Crippen LogP contribution in [0.2, 0.25) is 0 Å². The molecule has 0 heterocycles. The van der Waals surface area contributed by atoms with Crippen LogP contribution in [0.5, 0.6) is 5.75 Å². The zero-order valence-corrected chi connectivity index (χ0v) is 14.8. The summed E-state index contributed by atoms with van der Waals surface area (Å²) in [6.45, 7) is 6.05. The van der Waals surface area contributed by atoms with Crippen molar-refractivity contribution < 1.29 is 28.7 Å². The summed E-state index contributed by atoms with van der Waals surface area (Å²) in [6.07, 6.45) is -1.08. The van der Waals surface area contributed by atoms with Crippen molar-refractivity contribution >= 4 is 23.4 Å². The second-order valence-electron chi connectivity index (χ2n) is 5.56. The minimum atomic E-state index is -1.06. The zero-order chi connectivity index (χ0) is 19.0. The monoisotopic (exact) mass is 349 g/mol. The standard InChI is InChI=1S/C18H23NO6/c1-5-24-18(23)16(9-11(2)20)19-17(22)13(4)25-15-8-6-7-14(10-15)12(3)21/h6-8,10,13,16H,5,9H2,1-4H3,(H,19,22)/t13-,16-/m1/s1. The highest BCUT2D eigenvalue weighted by molar-refractivity contribution is 5.94. The second-order valence-corrected chi connectivity index (χ2v) is 5.56. The van der Waals surface area contributed by atoms with Crippen molar-refractivity contribution in [1.29, 1.82) is 0 Å². The molecule has 1 rings (SSSR count). The third-order valence-corrected chi connectivity index (χ3v) is 3.30. The maximum absolute atomic E-state index is 12.2. The van der Waals surface area contributed by atoms with Crippen LogP contribution in [0.15, 0.2) is 24.3 Å². The minimum absolute atomic E-state index is 0.119. The molecule has 7 heteroatoms. The van der Waals surface area contributed by atoms with E-state index in [0.29, 0.717) is 11.3 Å². The van der Waals surface area contributed by atoms with E-state index in [1.165, 1.54) is 26.8 Å². The summed E-state index contributed by atoms with van der Waals surface area (Å²) < 4.78 is 10.4. The Hall–Kier alpha value is -2.70. The molecule has 25 heavy (non-hydrogen) atoms. The van der Waals surface area contributed by atoms with Crippen LogP contribution in [-0.4, -0.2) is 42.2 Å². The molecule has 0 aromatic heterocycles. The van der Waals surface area contributed by atoms with Gasteiger partial charge in [0.2, 0.25) is 0 Å². The summed E-state index contributed by atoms with van der Waals surface area (Å²) in [7, 11) is 0. The summed E-state index contributed by atoms with van der Waals surface area (Å²) in [5.74, 6) is -1.24.